The van der Waals surface area contributed by atoms with Crippen LogP contribution in [0.4, 0.5) is 15.9 Å². The molecule has 0 amide bonds. The Balaban J connectivity index is 2.44. The van der Waals surface area contributed by atoms with Gasteiger partial charge in [0.15, 0.2) is 0 Å². The fourth-order valence-electron chi connectivity index (χ4n) is 1.57. The van der Waals surface area contributed by atoms with Crippen LogP contribution in [0.2, 0.25) is 5.02 Å². The predicted molar refractivity (Wildman–Crippen MR) is 70.6 cm³/mol. The van der Waals surface area contributed by atoms with Crippen LogP contribution in [0, 0.1) is 12.7 Å². The van der Waals surface area contributed by atoms with Crippen molar-refractivity contribution in [2.75, 3.05) is 5.32 Å². The van der Waals surface area contributed by atoms with E-state index in [-0.39, 0.29) is 11.4 Å². The first-order valence-electron chi connectivity index (χ1n) is 5.40. The Morgan fingerprint density at radius 3 is 2.89 bits per heavy atom. The number of aromatic carboxylic acids is 1. The summed E-state index contributed by atoms with van der Waals surface area (Å²) in [5.74, 6) is -1.89. The number of anilines is 2. The van der Waals surface area contributed by atoms with Gasteiger partial charge >= 0.3 is 5.97 Å². The molecule has 0 atom stereocenters. The van der Waals surface area contributed by atoms with Crippen LogP contribution in [0.3, 0.4) is 0 Å². The zero-order valence-corrected chi connectivity index (χ0v) is 10.7. The second-order valence-corrected chi connectivity index (χ2v) is 4.30. The lowest BCUT2D eigenvalue weighted by atomic mass is 10.2. The van der Waals surface area contributed by atoms with Gasteiger partial charge in [-0.3, -0.25) is 0 Å². The Hall–Kier alpha value is -2.14. The van der Waals surface area contributed by atoms with Gasteiger partial charge < -0.3 is 10.4 Å². The van der Waals surface area contributed by atoms with E-state index in [9.17, 15) is 9.18 Å². The highest BCUT2D eigenvalue weighted by molar-refractivity contribution is 6.31. The van der Waals surface area contributed by atoms with Crippen LogP contribution >= 0.6 is 11.6 Å². The molecule has 0 aliphatic carbocycles. The minimum Gasteiger partial charge on any atom is -0.478 e. The predicted octanol–water partition coefficient (Wildman–Crippen LogP) is 3.62. The zero-order valence-electron chi connectivity index (χ0n) is 9.95. The number of carboxylic acids is 1. The Morgan fingerprint density at radius 2 is 2.21 bits per heavy atom. The van der Waals surface area contributed by atoms with E-state index in [1.54, 1.807) is 25.1 Å². The average Bonchev–Trinajstić information content (AvgIpc) is 2.36. The van der Waals surface area contributed by atoms with Crippen molar-refractivity contribution in [3.8, 4) is 0 Å². The van der Waals surface area contributed by atoms with E-state index in [0.29, 0.717) is 10.7 Å². The van der Waals surface area contributed by atoms with Gasteiger partial charge in [0.25, 0.3) is 0 Å². The number of hydrogen-bond acceptors (Lipinski definition) is 3. The van der Waals surface area contributed by atoms with Crippen LogP contribution in [-0.4, -0.2) is 16.1 Å². The third kappa shape index (κ3) is 2.82. The number of nitrogens with one attached hydrogen (secondary N) is 1. The Bertz CT molecular complexity index is 647. The largest absolute Gasteiger partial charge is 0.478 e. The molecule has 4 nitrogen and oxygen atoms in total. The molecule has 98 valence electrons. The quantitative estimate of drug-likeness (QED) is 0.901. The molecule has 2 rings (SSSR count). The maximum absolute atomic E-state index is 13.0. The van der Waals surface area contributed by atoms with Crippen molar-refractivity contribution in [2.24, 2.45) is 0 Å². The Morgan fingerprint density at radius 1 is 1.47 bits per heavy atom. The van der Waals surface area contributed by atoms with Gasteiger partial charge in [-0.05, 0) is 30.7 Å². The Labute approximate surface area is 113 Å². The van der Waals surface area contributed by atoms with E-state index in [4.69, 9.17) is 16.7 Å². The summed E-state index contributed by atoms with van der Waals surface area (Å²) >= 11 is 5.97. The molecule has 0 radical (unpaired) electrons. The van der Waals surface area contributed by atoms with Gasteiger partial charge in [0.05, 0.1) is 6.20 Å². The molecule has 0 aliphatic heterocycles. The van der Waals surface area contributed by atoms with Crippen LogP contribution in [0.25, 0.3) is 0 Å². The molecule has 1 aromatic heterocycles. The molecule has 0 saturated heterocycles. The van der Waals surface area contributed by atoms with Crippen LogP contribution in [0.15, 0.2) is 30.5 Å². The van der Waals surface area contributed by atoms with Gasteiger partial charge in [0.1, 0.15) is 17.2 Å². The van der Waals surface area contributed by atoms with E-state index in [1.165, 1.54) is 0 Å². The second-order valence-electron chi connectivity index (χ2n) is 3.89. The highest BCUT2D eigenvalue weighted by Crippen LogP contribution is 2.26. The van der Waals surface area contributed by atoms with Crippen LogP contribution < -0.4 is 5.32 Å². The van der Waals surface area contributed by atoms with Gasteiger partial charge in [-0.2, -0.15) is 0 Å². The van der Waals surface area contributed by atoms with Crippen LogP contribution in [0.1, 0.15) is 15.9 Å². The normalized spacial score (nSPS) is 10.3. The van der Waals surface area contributed by atoms with Gasteiger partial charge in [0, 0.05) is 10.7 Å². The van der Waals surface area contributed by atoms with E-state index in [2.05, 4.69) is 10.3 Å². The molecular formula is C13H10ClFN2O2. The fraction of sp³-hybridized carbons (Fsp3) is 0.0769. The number of rotatable bonds is 3. The first-order valence-corrected chi connectivity index (χ1v) is 5.78. The molecule has 0 fully saturated rings. The summed E-state index contributed by atoms with van der Waals surface area (Å²) < 4.78 is 13.0. The van der Waals surface area contributed by atoms with E-state index < -0.39 is 11.8 Å². The van der Waals surface area contributed by atoms with Crippen LogP contribution in [-0.2, 0) is 0 Å². The van der Waals surface area contributed by atoms with Crippen molar-refractivity contribution in [2.45, 2.75) is 6.92 Å². The molecule has 0 spiro atoms. The molecule has 0 saturated carbocycles. The molecule has 0 aliphatic rings. The third-order valence-corrected chi connectivity index (χ3v) is 3.01. The highest BCUT2D eigenvalue weighted by Gasteiger charge is 2.14. The second kappa shape index (κ2) is 5.24. The number of benzene rings is 1. The summed E-state index contributed by atoms with van der Waals surface area (Å²) in [6.07, 6.45) is 0.953. The number of aromatic nitrogens is 1. The lowest BCUT2D eigenvalue weighted by Crippen LogP contribution is -2.06. The number of pyridine rings is 1. The topological polar surface area (TPSA) is 62.2 Å². The highest BCUT2D eigenvalue weighted by atomic mass is 35.5. The van der Waals surface area contributed by atoms with E-state index >= 15 is 0 Å². The molecule has 0 bridgehead atoms. The standard InChI is InChI=1S/C13H10ClFN2O2/c1-7-10(14)3-2-4-11(7)17-12-9(13(18)19)5-8(15)6-16-12/h2-6H,1H3,(H,16,17)(H,18,19). The maximum Gasteiger partial charge on any atom is 0.339 e. The summed E-state index contributed by atoms with van der Waals surface area (Å²) in [6, 6.07) is 6.09. The first kappa shape index (κ1) is 13.3. The minimum atomic E-state index is -1.26. The van der Waals surface area contributed by atoms with Gasteiger partial charge in [-0.15, -0.1) is 0 Å². The first-order chi connectivity index (χ1) is 8.99. The number of nitrogens with zero attached hydrogens (tertiary/aromatic N) is 1. The smallest absolute Gasteiger partial charge is 0.339 e. The number of halogens is 2. The van der Waals surface area contributed by atoms with Crippen molar-refractivity contribution in [1.82, 2.24) is 4.98 Å². The monoisotopic (exact) mass is 280 g/mol. The summed E-state index contributed by atoms with van der Waals surface area (Å²) in [5, 5.41) is 12.4. The van der Waals surface area contributed by atoms with Gasteiger partial charge in [-0.25, -0.2) is 14.2 Å². The molecule has 2 aromatic rings. The summed E-state index contributed by atoms with van der Waals surface area (Å²) in [7, 11) is 0. The number of carboxylic acid groups (broad SMARTS) is 1. The Kier molecular flexibility index (Phi) is 3.66. The van der Waals surface area contributed by atoms with Gasteiger partial charge in [0.2, 0.25) is 0 Å². The fourth-order valence-corrected chi connectivity index (χ4v) is 1.75. The van der Waals surface area contributed by atoms with Crippen molar-refractivity contribution in [3.05, 3.63) is 52.4 Å². The van der Waals surface area contributed by atoms with Crippen molar-refractivity contribution < 1.29 is 14.3 Å². The molecule has 2 N–H and O–H groups in total. The molecule has 0 unspecified atom stereocenters. The van der Waals surface area contributed by atoms with Crippen molar-refractivity contribution >= 4 is 29.1 Å². The van der Waals surface area contributed by atoms with Crippen LogP contribution in [0.5, 0.6) is 0 Å². The maximum atomic E-state index is 13.0. The molecule has 6 heteroatoms. The molecular weight excluding hydrogens is 271 g/mol. The molecule has 1 heterocycles. The van der Waals surface area contributed by atoms with Crippen molar-refractivity contribution in [1.29, 1.82) is 0 Å². The lowest BCUT2D eigenvalue weighted by molar-refractivity contribution is 0.0697. The molecule has 1 aromatic carbocycles. The van der Waals surface area contributed by atoms with Crippen molar-refractivity contribution in [3.63, 3.8) is 0 Å². The zero-order chi connectivity index (χ0) is 14.0. The summed E-state index contributed by atoms with van der Waals surface area (Å²) in [4.78, 5) is 14.8. The minimum absolute atomic E-state index is 0.0688. The number of hydrogen-bond donors (Lipinski definition) is 2. The lowest BCUT2D eigenvalue weighted by Gasteiger charge is -2.11. The number of carbonyl (C=O) groups is 1. The summed E-state index contributed by atoms with van der Waals surface area (Å²) in [5.41, 5.74) is 1.14. The summed E-state index contributed by atoms with van der Waals surface area (Å²) in [6.45, 7) is 1.79. The average molecular weight is 281 g/mol. The SMILES string of the molecule is Cc1c(Cl)cccc1Nc1ncc(F)cc1C(=O)O. The third-order valence-electron chi connectivity index (χ3n) is 2.61. The van der Waals surface area contributed by atoms with Gasteiger partial charge in [-0.1, -0.05) is 17.7 Å². The van der Waals surface area contributed by atoms with E-state index in [0.717, 1.165) is 17.8 Å². The van der Waals surface area contributed by atoms with E-state index in [1.807, 2.05) is 0 Å². The molecule has 19 heavy (non-hydrogen) atoms.